The van der Waals surface area contributed by atoms with Crippen LogP contribution in [0.5, 0.6) is 5.75 Å². The Balaban J connectivity index is 1.78. The number of ether oxygens (including phenoxy) is 1. The van der Waals surface area contributed by atoms with Crippen molar-refractivity contribution in [3.8, 4) is 5.75 Å². The molecular formula is C26H17ClFNO4. The van der Waals surface area contributed by atoms with Gasteiger partial charge >= 0.3 is 0 Å². The van der Waals surface area contributed by atoms with Crippen LogP contribution >= 0.6 is 11.6 Å². The summed E-state index contributed by atoms with van der Waals surface area (Å²) in [7, 11) is 0. The van der Waals surface area contributed by atoms with Gasteiger partial charge in [0.1, 0.15) is 23.8 Å². The molecule has 0 aliphatic carbocycles. The molecule has 0 radical (unpaired) electrons. The summed E-state index contributed by atoms with van der Waals surface area (Å²) in [5.74, 6) is -0.586. The molecule has 7 heteroatoms. The van der Waals surface area contributed by atoms with Crippen molar-refractivity contribution in [2.24, 2.45) is 0 Å². The van der Waals surface area contributed by atoms with Gasteiger partial charge in [-0.1, -0.05) is 42.5 Å². The Hall–Kier alpha value is -3.90. The maximum atomic E-state index is 13.9. The number of anilines is 1. The van der Waals surface area contributed by atoms with Crippen molar-refractivity contribution in [3.63, 3.8) is 0 Å². The van der Waals surface area contributed by atoms with Crippen molar-refractivity contribution in [1.29, 1.82) is 0 Å². The van der Waals surface area contributed by atoms with Crippen LogP contribution in [0.15, 0.2) is 88.6 Å². The van der Waals surface area contributed by atoms with Gasteiger partial charge in [-0.15, -0.1) is 0 Å². The van der Waals surface area contributed by atoms with E-state index >= 15 is 0 Å². The number of halogens is 2. The number of carbonyl (C=O) groups is 1. The third-order valence-corrected chi connectivity index (χ3v) is 5.70. The average Bonchev–Trinajstić information content (AvgIpc) is 3.11. The van der Waals surface area contributed by atoms with Crippen LogP contribution in [0.2, 0.25) is 5.02 Å². The first-order valence-corrected chi connectivity index (χ1v) is 10.5. The first-order chi connectivity index (χ1) is 16.0. The number of amides is 1. The Bertz CT molecular complexity index is 1480. The number of benzene rings is 3. The van der Waals surface area contributed by atoms with Gasteiger partial charge in [0.05, 0.1) is 17.0 Å². The van der Waals surface area contributed by atoms with Crippen molar-refractivity contribution in [1.82, 2.24) is 0 Å². The van der Waals surface area contributed by atoms with Gasteiger partial charge in [0.25, 0.3) is 5.91 Å². The smallest absolute Gasteiger partial charge is 0.295 e. The van der Waals surface area contributed by atoms with Gasteiger partial charge in [0, 0.05) is 10.7 Å². The minimum atomic E-state index is -0.817. The molecule has 1 aliphatic heterocycles. The van der Waals surface area contributed by atoms with Crippen molar-refractivity contribution >= 4 is 34.2 Å². The summed E-state index contributed by atoms with van der Waals surface area (Å²) in [6.45, 7) is 3.95. The highest BCUT2D eigenvalue weighted by molar-refractivity contribution is 6.31. The van der Waals surface area contributed by atoms with Crippen LogP contribution in [0.3, 0.4) is 0 Å². The third-order valence-electron chi connectivity index (χ3n) is 5.46. The molecule has 1 unspecified atom stereocenters. The van der Waals surface area contributed by atoms with E-state index in [-0.39, 0.29) is 22.3 Å². The van der Waals surface area contributed by atoms with Gasteiger partial charge in [0.2, 0.25) is 5.76 Å². The molecule has 1 aromatic heterocycles. The number of rotatable bonds is 5. The predicted octanol–water partition coefficient (Wildman–Crippen LogP) is 5.90. The number of hydrogen-bond donors (Lipinski definition) is 0. The summed E-state index contributed by atoms with van der Waals surface area (Å²) in [5.41, 5.74) is 0.941. The Labute approximate surface area is 193 Å². The topological polar surface area (TPSA) is 59.8 Å². The highest BCUT2D eigenvalue weighted by Crippen LogP contribution is 2.42. The zero-order valence-corrected chi connectivity index (χ0v) is 18.0. The van der Waals surface area contributed by atoms with E-state index in [4.69, 9.17) is 20.8 Å². The molecule has 0 fully saturated rings. The zero-order valence-electron chi connectivity index (χ0n) is 17.3. The van der Waals surface area contributed by atoms with E-state index in [0.717, 1.165) is 6.07 Å². The van der Waals surface area contributed by atoms with E-state index in [1.807, 2.05) is 0 Å². The highest BCUT2D eigenvalue weighted by Gasteiger charge is 2.43. The summed E-state index contributed by atoms with van der Waals surface area (Å²) >= 11 is 6.20. The van der Waals surface area contributed by atoms with Crippen LogP contribution in [0, 0.1) is 5.82 Å². The third kappa shape index (κ3) is 3.58. The SMILES string of the molecule is C=CCOc1cccc(C2c3c(oc4ccc(F)cc4c3=O)C(=O)N2c2cccc(Cl)c2)c1. The van der Waals surface area contributed by atoms with Crippen LogP contribution in [0.1, 0.15) is 27.7 Å². The molecule has 0 saturated carbocycles. The molecule has 1 amide bonds. The Kier molecular flexibility index (Phi) is 5.23. The van der Waals surface area contributed by atoms with E-state index in [0.29, 0.717) is 28.6 Å². The lowest BCUT2D eigenvalue weighted by molar-refractivity contribution is 0.0971. The minimum absolute atomic E-state index is 0.0681. The lowest BCUT2D eigenvalue weighted by Gasteiger charge is -2.25. The van der Waals surface area contributed by atoms with Crippen molar-refractivity contribution in [2.45, 2.75) is 6.04 Å². The van der Waals surface area contributed by atoms with Gasteiger partial charge in [-0.25, -0.2) is 4.39 Å². The molecule has 0 N–H and O–H groups in total. The summed E-state index contributed by atoms with van der Waals surface area (Å²) in [6.07, 6.45) is 1.62. The molecule has 3 aromatic carbocycles. The van der Waals surface area contributed by atoms with Crippen LogP contribution in [-0.4, -0.2) is 12.5 Å². The van der Waals surface area contributed by atoms with Crippen LogP contribution in [0.25, 0.3) is 11.0 Å². The molecule has 4 aromatic rings. The maximum Gasteiger partial charge on any atom is 0.295 e. The fraction of sp³-hybridized carbons (Fsp3) is 0.0769. The first-order valence-electron chi connectivity index (χ1n) is 10.2. The Morgan fingerprint density at radius 2 is 1.91 bits per heavy atom. The minimum Gasteiger partial charge on any atom is -0.490 e. The highest BCUT2D eigenvalue weighted by atomic mass is 35.5. The molecule has 1 atom stereocenters. The molecular weight excluding hydrogens is 445 g/mol. The van der Waals surface area contributed by atoms with E-state index in [1.54, 1.807) is 54.6 Å². The normalized spacial score (nSPS) is 15.0. The molecule has 0 bridgehead atoms. The van der Waals surface area contributed by atoms with E-state index in [9.17, 15) is 14.0 Å². The Morgan fingerprint density at radius 1 is 1.09 bits per heavy atom. The van der Waals surface area contributed by atoms with E-state index in [2.05, 4.69) is 6.58 Å². The molecule has 5 rings (SSSR count). The summed E-state index contributed by atoms with van der Waals surface area (Å²) in [5, 5.41) is 0.503. The number of carbonyl (C=O) groups excluding carboxylic acids is 1. The standard InChI is InChI=1S/C26H17ClFNO4/c1-2-11-32-19-8-3-5-15(12-19)23-22-24(30)20-14-17(28)9-10-21(20)33-25(22)26(31)29(23)18-7-4-6-16(27)13-18/h2-10,12-14,23H,1,11H2. The maximum absolute atomic E-state index is 13.9. The summed E-state index contributed by atoms with van der Waals surface area (Å²) in [6, 6.07) is 16.7. The van der Waals surface area contributed by atoms with Gasteiger partial charge in [0.15, 0.2) is 5.43 Å². The van der Waals surface area contributed by atoms with Crippen LogP contribution < -0.4 is 15.1 Å². The first kappa shape index (κ1) is 21.0. The summed E-state index contributed by atoms with van der Waals surface area (Å²) < 4.78 is 25.4. The van der Waals surface area contributed by atoms with Crippen molar-refractivity contribution in [2.75, 3.05) is 11.5 Å². The van der Waals surface area contributed by atoms with E-state index in [1.165, 1.54) is 17.0 Å². The second-order valence-electron chi connectivity index (χ2n) is 7.54. The number of nitrogens with zero attached hydrogens (tertiary/aromatic N) is 1. The van der Waals surface area contributed by atoms with Crippen molar-refractivity contribution < 1.29 is 18.3 Å². The molecule has 164 valence electrons. The quantitative estimate of drug-likeness (QED) is 0.347. The van der Waals surface area contributed by atoms with Gasteiger partial charge in [-0.05, 0) is 54.1 Å². The zero-order chi connectivity index (χ0) is 23.1. The second-order valence-corrected chi connectivity index (χ2v) is 7.98. The fourth-order valence-electron chi connectivity index (χ4n) is 4.08. The molecule has 2 heterocycles. The second kappa shape index (κ2) is 8.22. The van der Waals surface area contributed by atoms with Crippen molar-refractivity contribution in [3.05, 3.63) is 117 Å². The van der Waals surface area contributed by atoms with Crippen LogP contribution in [-0.2, 0) is 0 Å². The van der Waals surface area contributed by atoms with Gasteiger partial charge in [-0.2, -0.15) is 0 Å². The van der Waals surface area contributed by atoms with Gasteiger partial charge < -0.3 is 9.15 Å². The lowest BCUT2D eigenvalue weighted by atomic mass is 9.98. The molecule has 5 nitrogen and oxygen atoms in total. The monoisotopic (exact) mass is 461 g/mol. The lowest BCUT2D eigenvalue weighted by Crippen LogP contribution is -2.29. The Morgan fingerprint density at radius 3 is 2.70 bits per heavy atom. The summed E-state index contributed by atoms with van der Waals surface area (Å²) in [4.78, 5) is 28.5. The van der Waals surface area contributed by atoms with E-state index < -0.39 is 23.2 Å². The number of hydrogen-bond acceptors (Lipinski definition) is 4. The molecule has 1 aliphatic rings. The average molecular weight is 462 g/mol. The predicted molar refractivity (Wildman–Crippen MR) is 125 cm³/mol. The van der Waals surface area contributed by atoms with Gasteiger partial charge in [-0.3, -0.25) is 14.5 Å². The largest absolute Gasteiger partial charge is 0.490 e. The molecule has 0 spiro atoms. The molecule has 0 saturated heterocycles. The fourth-order valence-corrected chi connectivity index (χ4v) is 4.27. The number of fused-ring (bicyclic) bond motifs is 2. The van der Waals surface area contributed by atoms with Crippen LogP contribution in [0.4, 0.5) is 10.1 Å². The molecule has 33 heavy (non-hydrogen) atoms.